The summed E-state index contributed by atoms with van der Waals surface area (Å²) in [5.41, 5.74) is 0. The third-order valence-corrected chi connectivity index (χ3v) is 1.07. The van der Waals surface area contributed by atoms with Gasteiger partial charge in [0.2, 0.25) is 0 Å². The molecule has 0 spiro atoms. The zero-order valence-corrected chi connectivity index (χ0v) is 5.32. The molecule has 1 atom stereocenters. The summed E-state index contributed by atoms with van der Waals surface area (Å²) >= 11 is 0. The number of hydrogen-bond acceptors (Lipinski definition) is 3. The lowest BCUT2D eigenvalue weighted by molar-refractivity contribution is 0.134. The average Bonchev–Trinajstić information content (AvgIpc) is 1.85. The van der Waals surface area contributed by atoms with Gasteiger partial charge in [0.05, 0.1) is 12.7 Å². The van der Waals surface area contributed by atoms with Crippen LogP contribution in [0.1, 0.15) is 19.3 Å². The van der Waals surface area contributed by atoms with Gasteiger partial charge in [0, 0.05) is 13.0 Å². The highest BCUT2D eigenvalue weighted by atomic mass is 16.3. The van der Waals surface area contributed by atoms with E-state index in [2.05, 4.69) is 0 Å². The molecule has 3 heteroatoms. The minimum atomic E-state index is -0.498. The normalized spacial score (nSPS) is 13.7. The fourth-order valence-corrected chi connectivity index (χ4v) is 0.566. The van der Waals surface area contributed by atoms with Crippen LogP contribution in [0.2, 0.25) is 0 Å². The average molecular weight is 133 g/mol. The fraction of sp³-hybridized carbons (Fsp3) is 0.833. The van der Waals surface area contributed by atoms with Crippen molar-refractivity contribution in [3.05, 3.63) is 6.61 Å². The lowest BCUT2D eigenvalue weighted by atomic mass is 10.1. The number of aliphatic hydroxyl groups is 3. The third-order valence-electron chi connectivity index (χ3n) is 1.07. The molecule has 1 radical (unpaired) electrons. The lowest BCUT2D eigenvalue weighted by Crippen LogP contribution is -2.06. The minimum Gasteiger partial charge on any atom is -0.396 e. The van der Waals surface area contributed by atoms with Crippen LogP contribution in [0.4, 0.5) is 0 Å². The second-order valence-electron chi connectivity index (χ2n) is 1.94. The molecule has 0 saturated carbocycles. The van der Waals surface area contributed by atoms with E-state index in [4.69, 9.17) is 15.3 Å². The van der Waals surface area contributed by atoms with Crippen LogP contribution in [-0.4, -0.2) is 28.0 Å². The van der Waals surface area contributed by atoms with Crippen LogP contribution in [0.5, 0.6) is 0 Å². The van der Waals surface area contributed by atoms with E-state index in [9.17, 15) is 0 Å². The van der Waals surface area contributed by atoms with Crippen molar-refractivity contribution in [1.82, 2.24) is 0 Å². The van der Waals surface area contributed by atoms with Crippen molar-refractivity contribution >= 4 is 0 Å². The van der Waals surface area contributed by atoms with Crippen LogP contribution < -0.4 is 0 Å². The summed E-state index contributed by atoms with van der Waals surface area (Å²) in [6.07, 6.45) is 0.935. The molecule has 3 nitrogen and oxygen atoms in total. The van der Waals surface area contributed by atoms with Gasteiger partial charge in [-0.05, 0) is 12.8 Å². The van der Waals surface area contributed by atoms with Crippen LogP contribution in [-0.2, 0) is 0 Å². The van der Waals surface area contributed by atoms with Crippen molar-refractivity contribution in [1.29, 1.82) is 0 Å². The standard InChI is InChI=1S/C6H13O3/c7-4-1-2-6(9)3-5-8/h5-9H,1-4H2. The van der Waals surface area contributed by atoms with Crippen molar-refractivity contribution < 1.29 is 15.3 Å². The van der Waals surface area contributed by atoms with E-state index in [-0.39, 0.29) is 6.61 Å². The van der Waals surface area contributed by atoms with Gasteiger partial charge in [0.15, 0.2) is 0 Å². The molecule has 0 fully saturated rings. The summed E-state index contributed by atoms with van der Waals surface area (Å²) in [4.78, 5) is 0. The number of aliphatic hydroxyl groups excluding tert-OH is 3. The van der Waals surface area contributed by atoms with Crippen LogP contribution >= 0.6 is 0 Å². The zero-order chi connectivity index (χ0) is 7.11. The summed E-state index contributed by atoms with van der Waals surface area (Å²) in [5.74, 6) is 0. The second kappa shape index (κ2) is 6.01. The first-order valence-corrected chi connectivity index (χ1v) is 3.06. The number of hydrogen-bond donors (Lipinski definition) is 3. The molecule has 0 aromatic carbocycles. The molecule has 55 valence electrons. The fourth-order valence-electron chi connectivity index (χ4n) is 0.566. The van der Waals surface area contributed by atoms with Crippen molar-refractivity contribution in [2.24, 2.45) is 0 Å². The van der Waals surface area contributed by atoms with E-state index in [0.29, 0.717) is 19.3 Å². The van der Waals surface area contributed by atoms with Crippen LogP contribution in [0.3, 0.4) is 0 Å². The summed E-state index contributed by atoms with van der Waals surface area (Å²) in [6, 6.07) is 0. The number of rotatable bonds is 5. The molecule has 9 heavy (non-hydrogen) atoms. The molecule has 0 rings (SSSR count). The van der Waals surface area contributed by atoms with Gasteiger partial charge in [0.1, 0.15) is 0 Å². The van der Waals surface area contributed by atoms with Crippen molar-refractivity contribution in [2.45, 2.75) is 25.4 Å². The Labute approximate surface area is 54.9 Å². The Kier molecular flexibility index (Phi) is 5.93. The Balaban J connectivity index is 2.95. The highest BCUT2D eigenvalue weighted by Gasteiger charge is 2.00. The van der Waals surface area contributed by atoms with Crippen LogP contribution in [0.15, 0.2) is 0 Å². The molecule has 0 aromatic heterocycles. The molecule has 3 N–H and O–H groups in total. The maximum Gasteiger partial charge on any atom is 0.0824 e. The third kappa shape index (κ3) is 5.76. The Bertz CT molecular complexity index is 56.3. The highest BCUT2D eigenvalue weighted by Crippen LogP contribution is 2.01. The Morgan fingerprint density at radius 3 is 2.56 bits per heavy atom. The van der Waals surface area contributed by atoms with Crippen molar-refractivity contribution in [3.8, 4) is 0 Å². The predicted octanol–water partition coefficient (Wildman–Crippen LogP) is 0.0442. The van der Waals surface area contributed by atoms with E-state index in [1.807, 2.05) is 0 Å². The lowest BCUT2D eigenvalue weighted by Gasteiger charge is -2.05. The molecule has 0 aliphatic rings. The molecule has 0 aromatic rings. The quantitative estimate of drug-likeness (QED) is 0.496. The first-order valence-electron chi connectivity index (χ1n) is 3.06. The first-order chi connectivity index (χ1) is 4.31. The van der Waals surface area contributed by atoms with E-state index >= 15 is 0 Å². The monoisotopic (exact) mass is 133 g/mol. The van der Waals surface area contributed by atoms with E-state index in [1.54, 1.807) is 0 Å². The van der Waals surface area contributed by atoms with Gasteiger partial charge in [-0.25, -0.2) is 0 Å². The van der Waals surface area contributed by atoms with Gasteiger partial charge in [-0.1, -0.05) is 0 Å². The Hall–Kier alpha value is -0.120. The molecule has 0 amide bonds. The molecule has 0 aliphatic heterocycles. The predicted molar refractivity (Wildman–Crippen MR) is 33.2 cm³/mol. The minimum absolute atomic E-state index is 0.0997. The Morgan fingerprint density at radius 2 is 2.11 bits per heavy atom. The zero-order valence-electron chi connectivity index (χ0n) is 5.32. The van der Waals surface area contributed by atoms with Gasteiger partial charge in [-0.3, -0.25) is 0 Å². The van der Waals surface area contributed by atoms with Gasteiger partial charge in [-0.15, -0.1) is 0 Å². The topological polar surface area (TPSA) is 60.7 Å². The van der Waals surface area contributed by atoms with Gasteiger partial charge in [-0.2, -0.15) is 0 Å². The molecular weight excluding hydrogens is 120 g/mol. The molecular formula is C6H13O3. The van der Waals surface area contributed by atoms with E-state index in [1.165, 1.54) is 0 Å². The summed E-state index contributed by atoms with van der Waals surface area (Å²) in [7, 11) is 0. The SMILES string of the molecule is O[CH]CC(O)CCCO. The molecule has 0 saturated heterocycles. The van der Waals surface area contributed by atoms with Crippen molar-refractivity contribution in [2.75, 3.05) is 6.61 Å². The summed E-state index contributed by atoms with van der Waals surface area (Å²) in [6.45, 7) is 1.03. The summed E-state index contributed by atoms with van der Waals surface area (Å²) < 4.78 is 0. The molecule has 0 heterocycles. The largest absolute Gasteiger partial charge is 0.396 e. The smallest absolute Gasteiger partial charge is 0.0824 e. The van der Waals surface area contributed by atoms with Crippen LogP contribution in [0.25, 0.3) is 0 Å². The van der Waals surface area contributed by atoms with E-state index in [0.717, 1.165) is 6.61 Å². The first kappa shape index (κ1) is 8.88. The van der Waals surface area contributed by atoms with Gasteiger partial charge >= 0.3 is 0 Å². The van der Waals surface area contributed by atoms with Gasteiger partial charge < -0.3 is 15.3 Å². The molecule has 0 bridgehead atoms. The maximum atomic E-state index is 8.88. The molecule has 1 unspecified atom stereocenters. The summed E-state index contributed by atoms with van der Waals surface area (Å²) in [5, 5.41) is 25.4. The van der Waals surface area contributed by atoms with Crippen molar-refractivity contribution in [3.63, 3.8) is 0 Å². The Morgan fingerprint density at radius 1 is 1.44 bits per heavy atom. The second-order valence-corrected chi connectivity index (χ2v) is 1.94. The highest BCUT2D eigenvalue weighted by molar-refractivity contribution is 4.59. The maximum absolute atomic E-state index is 8.88. The van der Waals surface area contributed by atoms with E-state index < -0.39 is 6.10 Å². The molecule has 0 aliphatic carbocycles. The van der Waals surface area contributed by atoms with Crippen LogP contribution in [0, 0.1) is 6.61 Å². The van der Waals surface area contributed by atoms with Gasteiger partial charge in [0.25, 0.3) is 0 Å².